The Balaban J connectivity index is 0.000000132. The normalized spacial score (nSPS) is 11.9. The van der Waals surface area contributed by atoms with Gasteiger partial charge < -0.3 is 49.8 Å². The SMILES string of the molecule is [Lu+3].c1ccc2c(c1)-c1nc-2nc2[n-]c(nc3nc([n-]c4[nH+]c(n1)-c1ccccc1-4)-c1ccccc1-3)c1ccccc21.c1ccc2c(c1)-c1nc-2nc2[n-]c(nc3nc([n-]c4nc(n1)-c1ccccc1-4)-c1ccccc1-3)c1ccccc21. The van der Waals surface area contributed by atoms with Crippen LogP contribution < -0.4 is 24.9 Å². The number of H-pyrrole nitrogens is 1. The van der Waals surface area contributed by atoms with Crippen molar-refractivity contribution in [3.05, 3.63) is 194 Å². The van der Waals surface area contributed by atoms with Crippen LogP contribution in [0.3, 0.4) is 0 Å². The summed E-state index contributed by atoms with van der Waals surface area (Å²) in [4.78, 5) is 77.3. The van der Waals surface area contributed by atoms with E-state index in [-0.39, 0.29) is 36.9 Å². The molecule has 0 fully saturated rings. The van der Waals surface area contributed by atoms with E-state index in [4.69, 9.17) is 74.8 Å². The predicted octanol–water partition coefficient (Wildman–Crippen LogP) is 11.5. The van der Waals surface area contributed by atoms with Crippen LogP contribution in [0.2, 0.25) is 0 Å². The molecule has 81 heavy (non-hydrogen) atoms. The van der Waals surface area contributed by atoms with Gasteiger partial charge in [0.25, 0.3) is 0 Å². The van der Waals surface area contributed by atoms with Crippen molar-refractivity contribution in [2.75, 3.05) is 0 Å². The van der Waals surface area contributed by atoms with Crippen molar-refractivity contribution in [1.29, 1.82) is 0 Å². The molecular formula is C64H33LuN16. The van der Waals surface area contributed by atoms with Gasteiger partial charge in [-0.1, -0.05) is 194 Å². The summed E-state index contributed by atoms with van der Waals surface area (Å²) in [7, 11) is 0. The molecule has 0 saturated carbocycles. The zero-order chi connectivity index (χ0) is 52.4. The number of aromatic amines is 1. The van der Waals surface area contributed by atoms with E-state index in [1.54, 1.807) is 0 Å². The van der Waals surface area contributed by atoms with Crippen molar-refractivity contribution in [3.8, 4) is 137 Å². The molecule has 12 aromatic rings. The molecule has 0 amide bonds. The first kappa shape index (κ1) is 46.8. The van der Waals surface area contributed by atoms with Crippen LogP contribution in [0, 0.1) is 36.9 Å². The third kappa shape index (κ3) is 7.55. The Kier molecular flexibility index (Phi) is 10.6. The van der Waals surface area contributed by atoms with Crippen LogP contribution in [0.1, 0.15) is 0 Å². The second-order valence-corrected chi connectivity index (χ2v) is 19.4. The fourth-order valence-corrected chi connectivity index (χ4v) is 11.0. The Morgan fingerprint density at radius 3 is 0.864 bits per heavy atom. The molecule has 0 radical (unpaired) electrons. The number of hydrogen-bond acceptors (Lipinski definition) is 11. The quantitative estimate of drug-likeness (QED) is 0.138. The predicted molar refractivity (Wildman–Crippen MR) is 303 cm³/mol. The topological polar surface area (TPSA) is 212 Å². The van der Waals surface area contributed by atoms with E-state index >= 15 is 0 Å². The van der Waals surface area contributed by atoms with E-state index in [0.717, 1.165) is 88.3 Å². The number of nitrogens with zero attached hydrogens (tertiary/aromatic N) is 15. The minimum Gasteiger partial charge on any atom is -0.357 e. The molecule has 384 valence electrons. The van der Waals surface area contributed by atoms with Crippen LogP contribution in [0.25, 0.3) is 181 Å². The Labute approximate surface area is 488 Å². The van der Waals surface area contributed by atoms with Gasteiger partial charge in [-0.2, -0.15) is 0 Å². The zero-order valence-corrected chi connectivity index (χ0v) is 43.6. The molecule has 17 heteroatoms. The minimum absolute atomic E-state index is 0. The zero-order valence-electron chi connectivity index (χ0n) is 41.9. The third-order valence-corrected chi connectivity index (χ3v) is 14.7. The van der Waals surface area contributed by atoms with Crippen molar-refractivity contribution < 1.29 is 41.9 Å². The molecule has 0 spiro atoms. The van der Waals surface area contributed by atoms with Gasteiger partial charge >= 0.3 is 36.9 Å². The smallest absolute Gasteiger partial charge is 0.357 e. The average Bonchev–Trinajstić information content (AvgIpc) is 4.53. The number of nitrogens with one attached hydrogen (secondary N) is 1. The van der Waals surface area contributed by atoms with Gasteiger partial charge in [0.15, 0.2) is 17.5 Å². The maximum Gasteiger partial charge on any atom is 3.00 e. The number of aromatic nitrogens is 16. The fourth-order valence-electron chi connectivity index (χ4n) is 11.0. The van der Waals surface area contributed by atoms with Crippen molar-refractivity contribution in [2.45, 2.75) is 0 Å². The second kappa shape index (κ2) is 18.4. The summed E-state index contributed by atoms with van der Waals surface area (Å²) < 4.78 is 0. The van der Waals surface area contributed by atoms with E-state index in [1.165, 1.54) is 0 Å². The minimum atomic E-state index is 0. The van der Waals surface area contributed by atoms with Gasteiger partial charge in [-0.3, -0.25) is 0 Å². The van der Waals surface area contributed by atoms with E-state index in [2.05, 4.69) is 4.98 Å². The summed E-state index contributed by atoms with van der Waals surface area (Å²) in [5, 5.41) is 3.59. The molecule has 0 saturated heterocycles. The molecule has 4 aromatic heterocycles. The monoisotopic (exact) mass is 1200 g/mol. The maximum absolute atomic E-state index is 5.00. The number of benzene rings is 8. The van der Waals surface area contributed by atoms with Gasteiger partial charge in [0.05, 0.1) is 23.3 Å². The van der Waals surface area contributed by atoms with E-state index < -0.39 is 0 Å². The van der Waals surface area contributed by atoms with Crippen LogP contribution in [-0.4, -0.2) is 54.8 Å². The van der Waals surface area contributed by atoms with Crippen molar-refractivity contribution in [1.82, 2.24) is 74.8 Å². The molecular weight excluding hydrogens is 1170 g/mol. The first-order chi connectivity index (χ1) is 39.6. The summed E-state index contributed by atoms with van der Waals surface area (Å²) in [6.07, 6.45) is 0. The van der Waals surface area contributed by atoms with Gasteiger partial charge in [0, 0.05) is 90.1 Å². The summed E-state index contributed by atoms with van der Waals surface area (Å²) >= 11 is 0. The second-order valence-electron chi connectivity index (χ2n) is 19.4. The number of rotatable bonds is 0. The Bertz CT molecular complexity index is 4500. The molecule has 0 aliphatic carbocycles. The van der Waals surface area contributed by atoms with Crippen molar-refractivity contribution in [3.63, 3.8) is 0 Å². The van der Waals surface area contributed by atoms with Crippen LogP contribution in [0.15, 0.2) is 194 Å². The molecule has 6 aliphatic rings. The Hall–Kier alpha value is -10.3. The van der Waals surface area contributed by atoms with Crippen LogP contribution >= 0.6 is 0 Å². The largest absolute Gasteiger partial charge is 3.00 e. The van der Waals surface area contributed by atoms with Gasteiger partial charge in [0.2, 0.25) is 0 Å². The van der Waals surface area contributed by atoms with E-state index in [1.807, 2.05) is 194 Å². The maximum atomic E-state index is 5.00. The van der Waals surface area contributed by atoms with Gasteiger partial charge in [-0.15, -0.1) is 0 Å². The van der Waals surface area contributed by atoms with E-state index in [9.17, 15) is 0 Å². The Morgan fingerprint density at radius 1 is 0.222 bits per heavy atom. The average molecular weight is 1200 g/mol. The van der Waals surface area contributed by atoms with Crippen LogP contribution in [0.4, 0.5) is 0 Å². The van der Waals surface area contributed by atoms with Gasteiger partial charge in [-0.05, 0) is 38.2 Å². The summed E-state index contributed by atoms with van der Waals surface area (Å²) in [6, 6.07) is 63.9. The molecule has 6 aliphatic heterocycles. The van der Waals surface area contributed by atoms with Crippen LogP contribution in [-0.2, 0) is 0 Å². The fraction of sp³-hybridized carbons (Fsp3) is 0. The molecule has 18 rings (SSSR count). The van der Waals surface area contributed by atoms with Crippen LogP contribution in [0.5, 0.6) is 0 Å². The molecule has 0 unspecified atom stereocenters. The van der Waals surface area contributed by atoms with E-state index in [0.29, 0.717) is 92.5 Å². The molecule has 16 bridgehead atoms. The van der Waals surface area contributed by atoms with Gasteiger partial charge in [0.1, 0.15) is 11.6 Å². The first-order valence-electron chi connectivity index (χ1n) is 25.8. The molecule has 8 aromatic carbocycles. The summed E-state index contributed by atoms with van der Waals surface area (Å²) in [5.41, 5.74) is 13.1. The van der Waals surface area contributed by atoms with Crippen molar-refractivity contribution >= 4 is 44.1 Å². The third-order valence-electron chi connectivity index (χ3n) is 14.7. The summed E-state index contributed by atoms with van der Waals surface area (Å²) in [6.45, 7) is 0. The van der Waals surface area contributed by atoms with Crippen molar-refractivity contribution in [2.24, 2.45) is 0 Å². The molecule has 16 nitrogen and oxygen atoms in total. The molecule has 0 atom stereocenters. The summed E-state index contributed by atoms with van der Waals surface area (Å²) in [5.74, 6) is 6.96. The molecule has 10 heterocycles. The standard InChI is InChI=1S/2C32H16N8.Lu/c2*1-2-10-18-17(9-1)25-33-26(18)38-28-21-13-5-6-14-22(21)30(35-28)40-32-24-16-8-7-15-23(24)31(36-32)39-29-20-12-4-3-11-19(20)27(34-29)37-25;/h2*1-16H;/q2*-2;+3/p+1. The number of fused-ring (bicyclic) bond motifs is 40. The molecule has 1 N–H and O–H groups in total. The first-order valence-corrected chi connectivity index (χ1v) is 25.8. The van der Waals surface area contributed by atoms with Gasteiger partial charge in [-0.25, -0.2) is 29.9 Å². The number of hydrogen-bond donors (Lipinski definition) is 0. The Morgan fingerprint density at radius 2 is 0.481 bits per heavy atom.